The molecule has 0 amide bonds. The van der Waals surface area contributed by atoms with Gasteiger partial charge < -0.3 is 13.6 Å². The van der Waals surface area contributed by atoms with Crippen LogP contribution in [0.1, 0.15) is 0 Å². The van der Waals surface area contributed by atoms with Gasteiger partial charge in [0.15, 0.2) is 5.58 Å². The van der Waals surface area contributed by atoms with Crippen LogP contribution in [0.25, 0.3) is 44.2 Å². The zero-order valence-electron chi connectivity index (χ0n) is 16.6. The van der Waals surface area contributed by atoms with Crippen molar-refractivity contribution in [3.63, 3.8) is 0 Å². The van der Waals surface area contributed by atoms with Crippen molar-refractivity contribution in [2.45, 2.75) is 0 Å². The molecule has 158 valence electrons. The van der Waals surface area contributed by atoms with E-state index in [1.54, 1.807) is 19.2 Å². The van der Waals surface area contributed by atoms with Gasteiger partial charge in [0, 0.05) is 26.9 Å². The minimum Gasteiger partial charge on any atom is -0.497 e. The standard InChI is InChI=1S/C25H14Br2O5/c1-30-16-7-5-13(6-8-16)19-12-22(28)31-24-17(19)3-2-4-18(24)20-10-14-9-15(26)11-21(27)23(14)32-25(20)29/h2-12H,1H3. The van der Waals surface area contributed by atoms with Gasteiger partial charge in [0.1, 0.15) is 11.3 Å². The monoisotopic (exact) mass is 552 g/mol. The number of halogens is 2. The molecule has 0 radical (unpaired) electrons. The minimum absolute atomic E-state index is 0.308. The van der Waals surface area contributed by atoms with Crippen LogP contribution < -0.4 is 16.0 Å². The summed E-state index contributed by atoms with van der Waals surface area (Å²) in [5, 5.41) is 1.44. The predicted octanol–water partition coefficient (Wildman–Crippen LogP) is 6.77. The lowest BCUT2D eigenvalue weighted by atomic mass is 9.97. The number of benzene rings is 3. The molecular weight excluding hydrogens is 540 g/mol. The molecule has 3 aromatic carbocycles. The van der Waals surface area contributed by atoms with E-state index >= 15 is 0 Å². The Hall–Kier alpha value is -3.16. The van der Waals surface area contributed by atoms with Crippen LogP contribution in [0, 0.1) is 0 Å². The zero-order valence-corrected chi connectivity index (χ0v) is 19.8. The fourth-order valence-electron chi connectivity index (χ4n) is 3.75. The van der Waals surface area contributed by atoms with Crippen LogP contribution in [0.15, 0.2) is 94.1 Å². The molecule has 7 heteroatoms. The van der Waals surface area contributed by atoms with E-state index in [4.69, 9.17) is 13.6 Å². The number of methoxy groups -OCH3 is 1. The normalized spacial score (nSPS) is 11.2. The Morgan fingerprint density at radius 2 is 1.56 bits per heavy atom. The van der Waals surface area contributed by atoms with Crippen molar-refractivity contribution in [2.24, 2.45) is 0 Å². The molecule has 2 aromatic heterocycles. The highest BCUT2D eigenvalue weighted by Gasteiger charge is 2.17. The van der Waals surface area contributed by atoms with Gasteiger partial charge in [0.25, 0.3) is 0 Å². The molecule has 2 heterocycles. The average molecular weight is 554 g/mol. The highest BCUT2D eigenvalue weighted by atomic mass is 79.9. The molecule has 0 aliphatic carbocycles. The van der Waals surface area contributed by atoms with Crippen molar-refractivity contribution in [1.29, 1.82) is 0 Å². The van der Waals surface area contributed by atoms with E-state index in [1.165, 1.54) is 6.07 Å². The number of rotatable bonds is 3. The van der Waals surface area contributed by atoms with Crippen molar-refractivity contribution >= 4 is 53.8 Å². The Morgan fingerprint density at radius 3 is 2.31 bits per heavy atom. The molecule has 0 aliphatic heterocycles. The summed E-state index contributed by atoms with van der Waals surface area (Å²) in [6.45, 7) is 0. The number of hydrogen-bond acceptors (Lipinski definition) is 5. The average Bonchev–Trinajstić information content (AvgIpc) is 2.78. The van der Waals surface area contributed by atoms with Crippen LogP contribution in [0.2, 0.25) is 0 Å². The Labute approximate surface area is 198 Å². The van der Waals surface area contributed by atoms with Gasteiger partial charge in [-0.05, 0) is 57.4 Å². The van der Waals surface area contributed by atoms with Crippen molar-refractivity contribution in [1.82, 2.24) is 0 Å². The quantitative estimate of drug-likeness (QED) is 0.231. The Balaban J connectivity index is 1.79. The van der Waals surface area contributed by atoms with E-state index in [0.717, 1.165) is 15.4 Å². The number of para-hydroxylation sites is 1. The van der Waals surface area contributed by atoms with Crippen LogP contribution in [0.3, 0.4) is 0 Å². The third-order valence-electron chi connectivity index (χ3n) is 5.21. The van der Waals surface area contributed by atoms with E-state index in [2.05, 4.69) is 31.9 Å². The third kappa shape index (κ3) is 3.57. The summed E-state index contributed by atoms with van der Waals surface area (Å²) in [7, 11) is 1.60. The van der Waals surface area contributed by atoms with Crippen molar-refractivity contribution in [2.75, 3.05) is 7.11 Å². The van der Waals surface area contributed by atoms with Crippen molar-refractivity contribution in [3.05, 3.63) is 96.5 Å². The second kappa shape index (κ2) is 8.07. The Bertz CT molecular complexity index is 1610. The van der Waals surface area contributed by atoms with E-state index in [-0.39, 0.29) is 0 Å². The fourth-order valence-corrected chi connectivity index (χ4v) is 5.09. The van der Waals surface area contributed by atoms with E-state index in [0.29, 0.717) is 43.5 Å². The summed E-state index contributed by atoms with van der Waals surface area (Å²) in [6, 6.07) is 19.7. The maximum atomic E-state index is 12.9. The first-order valence-electron chi connectivity index (χ1n) is 9.59. The molecule has 0 bridgehead atoms. The lowest BCUT2D eigenvalue weighted by Crippen LogP contribution is -2.05. The lowest BCUT2D eigenvalue weighted by molar-refractivity contribution is 0.415. The van der Waals surface area contributed by atoms with E-state index < -0.39 is 11.3 Å². The smallest absolute Gasteiger partial charge is 0.344 e. The lowest BCUT2D eigenvalue weighted by Gasteiger charge is -2.10. The summed E-state index contributed by atoms with van der Waals surface area (Å²) < 4.78 is 17.9. The Kier molecular flexibility index (Phi) is 5.23. The van der Waals surface area contributed by atoms with Gasteiger partial charge in [0.2, 0.25) is 0 Å². The maximum absolute atomic E-state index is 12.9. The Morgan fingerprint density at radius 1 is 0.781 bits per heavy atom. The minimum atomic E-state index is -0.523. The van der Waals surface area contributed by atoms with E-state index in [9.17, 15) is 9.59 Å². The molecule has 0 aliphatic rings. The largest absolute Gasteiger partial charge is 0.497 e. The molecule has 0 unspecified atom stereocenters. The predicted molar refractivity (Wildman–Crippen MR) is 131 cm³/mol. The molecule has 5 nitrogen and oxygen atoms in total. The molecule has 0 saturated heterocycles. The van der Waals surface area contributed by atoms with Crippen molar-refractivity contribution in [3.8, 4) is 28.0 Å². The van der Waals surface area contributed by atoms with Crippen LogP contribution in [-0.4, -0.2) is 7.11 Å². The molecule has 5 rings (SSSR count). The van der Waals surface area contributed by atoms with Gasteiger partial charge in [-0.3, -0.25) is 0 Å². The van der Waals surface area contributed by atoms with Gasteiger partial charge in [-0.2, -0.15) is 0 Å². The first-order chi connectivity index (χ1) is 15.4. The van der Waals surface area contributed by atoms with E-state index in [1.807, 2.05) is 48.5 Å². The molecule has 0 atom stereocenters. The highest BCUT2D eigenvalue weighted by molar-refractivity contribution is 9.11. The van der Waals surface area contributed by atoms with Gasteiger partial charge in [-0.1, -0.05) is 46.3 Å². The van der Waals surface area contributed by atoms with Crippen molar-refractivity contribution < 1.29 is 13.6 Å². The number of ether oxygens (including phenoxy) is 1. The molecule has 0 saturated carbocycles. The third-order valence-corrected chi connectivity index (χ3v) is 6.26. The molecule has 0 fully saturated rings. The molecule has 5 aromatic rings. The second-order valence-corrected chi connectivity index (χ2v) is 8.91. The zero-order chi connectivity index (χ0) is 22.4. The first kappa shape index (κ1) is 20.7. The maximum Gasteiger partial charge on any atom is 0.344 e. The number of hydrogen-bond donors (Lipinski definition) is 0. The topological polar surface area (TPSA) is 69.7 Å². The van der Waals surface area contributed by atoms with Gasteiger partial charge >= 0.3 is 11.3 Å². The van der Waals surface area contributed by atoms with Gasteiger partial charge in [0.05, 0.1) is 17.1 Å². The van der Waals surface area contributed by atoms with Gasteiger partial charge in [-0.25, -0.2) is 9.59 Å². The summed E-state index contributed by atoms with van der Waals surface area (Å²) in [5.41, 5.74) is 2.08. The van der Waals surface area contributed by atoms with Crippen LogP contribution in [-0.2, 0) is 0 Å². The molecular formula is C25H14Br2O5. The molecule has 32 heavy (non-hydrogen) atoms. The summed E-state index contributed by atoms with van der Waals surface area (Å²) in [6.07, 6.45) is 0. The van der Waals surface area contributed by atoms with Gasteiger partial charge in [-0.15, -0.1) is 0 Å². The highest BCUT2D eigenvalue weighted by Crippen LogP contribution is 2.35. The second-order valence-electron chi connectivity index (χ2n) is 7.14. The summed E-state index contributed by atoms with van der Waals surface area (Å²) >= 11 is 6.89. The molecule has 0 spiro atoms. The first-order valence-corrected chi connectivity index (χ1v) is 11.2. The van der Waals surface area contributed by atoms with Crippen LogP contribution in [0.4, 0.5) is 0 Å². The SMILES string of the molecule is COc1ccc(-c2cc(=O)oc3c(-c4cc5cc(Br)cc(Br)c5oc4=O)cccc23)cc1. The van der Waals surface area contributed by atoms with Crippen LogP contribution in [0.5, 0.6) is 5.75 Å². The summed E-state index contributed by atoms with van der Waals surface area (Å²) in [4.78, 5) is 25.4. The summed E-state index contributed by atoms with van der Waals surface area (Å²) in [5.74, 6) is 0.716. The number of fused-ring (bicyclic) bond motifs is 2. The fraction of sp³-hybridized carbons (Fsp3) is 0.0400. The molecule has 0 N–H and O–H groups in total. The van der Waals surface area contributed by atoms with Crippen LogP contribution >= 0.6 is 31.9 Å².